The monoisotopic (exact) mass is 321 g/mol. The number of carbonyl (C=O) groups excluding carboxylic acids is 3. The number of fused-ring (bicyclic) bond motifs is 2. The Balaban J connectivity index is 1.47. The highest BCUT2D eigenvalue weighted by molar-refractivity contribution is 6.01. The summed E-state index contributed by atoms with van der Waals surface area (Å²) in [7, 11) is 0. The Hall–Kier alpha value is -1.59. The van der Waals surface area contributed by atoms with Gasteiger partial charge in [-0.25, -0.2) is 4.79 Å². The molecule has 2 aliphatic carbocycles. The smallest absolute Gasteiger partial charge is 0.324 e. The van der Waals surface area contributed by atoms with Crippen molar-refractivity contribution in [2.75, 3.05) is 13.1 Å². The van der Waals surface area contributed by atoms with E-state index in [1.807, 2.05) is 0 Å². The van der Waals surface area contributed by atoms with Crippen LogP contribution in [-0.4, -0.2) is 41.9 Å². The zero-order valence-electron chi connectivity index (χ0n) is 14.3. The van der Waals surface area contributed by atoms with Crippen molar-refractivity contribution >= 4 is 17.8 Å². The van der Waals surface area contributed by atoms with Crippen LogP contribution in [0.2, 0.25) is 0 Å². The SMILES string of the molecule is CC1(C)[C@H]2CC[C@@]1(C)[C@H](NC(=O)CCCN1C(=O)CNC1=O)C2. The van der Waals surface area contributed by atoms with Crippen LogP contribution in [0.4, 0.5) is 4.79 Å². The molecule has 3 fully saturated rings. The van der Waals surface area contributed by atoms with Crippen LogP contribution >= 0.6 is 0 Å². The maximum Gasteiger partial charge on any atom is 0.324 e. The van der Waals surface area contributed by atoms with Crippen LogP contribution < -0.4 is 10.6 Å². The van der Waals surface area contributed by atoms with Crippen molar-refractivity contribution in [3.05, 3.63) is 0 Å². The van der Waals surface area contributed by atoms with Gasteiger partial charge >= 0.3 is 6.03 Å². The number of carbonyl (C=O) groups is 3. The van der Waals surface area contributed by atoms with Crippen LogP contribution in [0.15, 0.2) is 0 Å². The summed E-state index contributed by atoms with van der Waals surface area (Å²) in [4.78, 5) is 36.4. The average molecular weight is 321 g/mol. The average Bonchev–Trinajstić information content (AvgIpc) is 2.98. The lowest BCUT2D eigenvalue weighted by Gasteiger charge is -2.39. The molecule has 6 heteroatoms. The Morgan fingerprint density at radius 3 is 2.61 bits per heavy atom. The second-order valence-corrected chi connectivity index (χ2v) is 8.04. The Labute approximate surface area is 137 Å². The summed E-state index contributed by atoms with van der Waals surface area (Å²) in [5.74, 6) is 0.521. The van der Waals surface area contributed by atoms with Gasteiger partial charge in [0.05, 0.1) is 6.54 Å². The number of imide groups is 1. The molecule has 1 aliphatic heterocycles. The predicted octanol–water partition coefficient (Wildman–Crippen LogP) is 1.65. The van der Waals surface area contributed by atoms with Crippen LogP contribution in [0.5, 0.6) is 0 Å². The van der Waals surface area contributed by atoms with Gasteiger partial charge in [-0.1, -0.05) is 20.8 Å². The zero-order chi connectivity index (χ0) is 16.8. The van der Waals surface area contributed by atoms with Crippen molar-refractivity contribution in [1.29, 1.82) is 0 Å². The number of rotatable bonds is 5. The number of hydrogen-bond acceptors (Lipinski definition) is 3. The third kappa shape index (κ3) is 2.52. The molecule has 2 saturated carbocycles. The minimum atomic E-state index is -0.349. The Bertz CT molecular complexity index is 529. The molecule has 4 amide bonds. The lowest BCUT2D eigenvalue weighted by atomic mass is 9.69. The van der Waals surface area contributed by atoms with Crippen molar-refractivity contribution in [3.8, 4) is 0 Å². The van der Waals surface area contributed by atoms with E-state index in [2.05, 4.69) is 31.4 Å². The normalized spacial score (nSPS) is 34.8. The molecule has 0 aromatic carbocycles. The van der Waals surface area contributed by atoms with Crippen LogP contribution in [0.1, 0.15) is 52.9 Å². The molecule has 6 nitrogen and oxygen atoms in total. The third-order valence-corrected chi connectivity index (χ3v) is 6.85. The minimum absolute atomic E-state index is 0.0339. The summed E-state index contributed by atoms with van der Waals surface area (Å²) in [6.45, 7) is 7.34. The van der Waals surface area contributed by atoms with Gasteiger partial charge in [0.2, 0.25) is 11.8 Å². The lowest BCUT2D eigenvalue weighted by Crippen LogP contribution is -2.47. The molecule has 0 aromatic rings. The molecule has 2 N–H and O–H groups in total. The molecule has 0 spiro atoms. The van der Waals surface area contributed by atoms with Gasteiger partial charge in [0.1, 0.15) is 0 Å². The van der Waals surface area contributed by atoms with E-state index in [0.29, 0.717) is 25.3 Å². The molecule has 0 radical (unpaired) electrons. The van der Waals surface area contributed by atoms with Crippen molar-refractivity contribution < 1.29 is 14.4 Å². The first-order valence-electron chi connectivity index (χ1n) is 8.63. The summed E-state index contributed by atoms with van der Waals surface area (Å²) < 4.78 is 0. The summed E-state index contributed by atoms with van der Waals surface area (Å²) in [6, 6.07) is -0.0989. The highest BCUT2D eigenvalue weighted by Crippen LogP contribution is 2.65. The van der Waals surface area contributed by atoms with E-state index in [-0.39, 0.29) is 41.3 Å². The Morgan fingerprint density at radius 1 is 1.35 bits per heavy atom. The van der Waals surface area contributed by atoms with Crippen molar-refractivity contribution in [2.45, 2.75) is 58.9 Å². The van der Waals surface area contributed by atoms with Crippen molar-refractivity contribution in [1.82, 2.24) is 15.5 Å². The molecule has 3 aliphatic rings. The highest BCUT2D eigenvalue weighted by atomic mass is 16.2. The largest absolute Gasteiger partial charge is 0.353 e. The molecule has 3 rings (SSSR count). The maximum atomic E-state index is 12.3. The first-order chi connectivity index (χ1) is 10.8. The third-order valence-electron chi connectivity index (χ3n) is 6.85. The van der Waals surface area contributed by atoms with Crippen LogP contribution in [-0.2, 0) is 9.59 Å². The second kappa shape index (κ2) is 5.49. The first-order valence-corrected chi connectivity index (χ1v) is 8.63. The van der Waals surface area contributed by atoms with Gasteiger partial charge in [0, 0.05) is 19.0 Å². The van der Waals surface area contributed by atoms with Crippen LogP contribution in [0.25, 0.3) is 0 Å². The molecule has 0 aromatic heterocycles. The number of nitrogens with one attached hydrogen (secondary N) is 2. The molecule has 0 unspecified atom stereocenters. The Morgan fingerprint density at radius 2 is 2.09 bits per heavy atom. The summed E-state index contributed by atoms with van der Waals surface area (Å²) in [6.07, 6.45) is 4.39. The minimum Gasteiger partial charge on any atom is -0.353 e. The Kier molecular flexibility index (Phi) is 3.89. The van der Waals surface area contributed by atoms with Crippen molar-refractivity contribution in [2.24, 2.45) is 16.7 Å². The second-order valence-electron chi connectivity index (χ2n) is 8.04. The topological polar surface area (TPSA) is 78.5 Å². The van der Waals surface area contributed by atoms with Gasteiger partial charge in [-0.15, -0.1) is 0 Å². The van der Waals surface area contributed by atoms with E-state index >= 15 is 0 Å². The van der Waals surface area contributed by atoms with Gasteiger partial charge in [-0.05, 0) is 42.4 Å². The van der Waals surface area contributed by atoms with Gasteiger partial charge < -0.3 is 10.6 Å². The fourth-order valence-electron chi connectivity index (χ4n) is 4.77. The van der Waals surface area contributed by atoms with Gasteiger partial charge in [-0.3, -0.25) is 14.5 Å². The van der Waals surface area contributed by atoms with Crippen LogP contribution in [0, 0.1) is 16.7 Å². The van der Waals surface area contributed by atoms with Gasteiger partial charge in [0.15, 0.2) is 0 Å². The first kappa shape index (κ1) is 16.3. The van der Waals surface area contributed by atoms with E-state index in [1.54, 1.807) is 0 Å². The number of hydrogen-bond donors (Lipinski definition) is 2. The van der Waals surface area contributed by atoms with E-state index in [0.717, 1.165) is 6.42 Å². The quantitative estimate of drug-likeness (QED) is 0.756. The van der Waals surface area contributed by atoms with E-state index in [9.17, 15) is 14.4 Å². The number of urea groups is 1. The molecule has 1 saturated heterocycles. The number of amides is 4. The van der Waals surface area contributed by atoms with Gasteiger partial charge in [0.25, 0.3) is 0 Å². The van der Waals surface area contributed by atoms with E-state index in [1.165, 1.54) is 17.7 Å². The van der Waals surface area contributed by atoms with Gasteiger partial charge in [-0.2, -0.15) is 0 Å². The van der Waals surface area contributed by atoms with E-state index < -0.39 is 0 Å². The standard InChI is InChI=1S/C17H27N3O3/c1-16(2)11-6-7-17(16,3)12(9-11)19-13(21)5-4-8-20-14(22)10-18-15(20)23/h11-12H,4-10H2,1-3H3,(H,18,23)(H,19,21)/t11-,12+,17-/m0/s1. The van der Waals surface area contributed by atoms with E-state index in [4.69, 9.17) is 0 Å². The van der Waals surface area contributed by atoms with Crippen molar-refractivity contribution in [3.63, 3.8) is 0 Å². The highest BCUT2D eigenvalue weighted by Gasteiger charge is 2.61. The molecule has 128 valence electrons. The molecule has 1 heterocycles. The zero-order valence-corrected chi connectivity index (χ0v) is 14.3. The van der Waals surface area contributed by atoms with Crippen LogP contribution in [0.3, 0.4) is 0 Å². The fraction of sp³-hybridized carbons (Fsp3) is 0.824. The fourth-order valence-corrected chi connectivity index (χ4v) is 4.77. The summed E-state index contributed by atoms with van der Waals surface area (Å²) >= 11 is 0. The molecular formula is C17H27N3O3. The number of nitrogens with zero attached hydrogens (tertiary/aromatic N) is 1. The maximum absolute atomic E-state index is 12.3. The predicted molar refractivity (Wildman–Crippen MR) is 85.5 cm³/mol. The summed E-state index contributed by atoms with van der Waals surface area (Å²) in [5, 5.41) is 5.70. The summed E-state index contributed by atoms with van der Waals surface area (Å²) in [5.41, 5.74) is 0.461. The molecular weight excluding hydrogens is 294 g/mol. The molecule has 23 heavy (non-hydrogen) atoms. The lowest BCUT2D eigenvalue weighted by molar-refractivity contribution is -0.126. The molecule has 2 bridgehead atoms. The molecule has 3 atom stereocenters.